The number of hydrogen-bond acceptors (Lipinski definition) is 4. The Morgan fingerprint density at radius 3 is 2.89 bits per heavy atom. The first kappa shape index (κ1) is 13.2. The molecular weight excluding hydrogens is 242 g/mol. The number of ether oxygens (including phenoxy) is 1. The van der Waals surface area contributed by atoms with E-state index in [1.165, 1.54) is 11.8 Å². The van der Waals surface area contributed by atoms with Gasteiger partial charge < -0.3 is 9.64 Å². The lowest BCUT2D eigenvalue weighted by Crippen LogP contribution is -2.36. The second-order valence-corrected chi connectivity index (χ2v) is 4.18. The minimum atomic E-state index is 0.364. The molecule has 98 valence electrons. The Morgan fingerprint density at radius 2 is 2.16 bits per heavy atom. The second-order valence-electron chi connectivity index (χ2n) is 4.18. The molecule has 1 aliphatic rings. The topological polar surface area (TPSA) is 45.8 Å². The van der Waals surface area contributed by atoms with Crippen LogP contribution in [-0.4, -0.2) is 11.6 Å². The van der Waals surface area contributed by atoms with Gasteiger partial charge in [0.2, 0.25) is 0 Å². The van der Waals surface area contributed by atoms with Gasteiger partial charge in [0.15, 0.2) is 12.4 Å². The van der Waals surface area contributed by atoms with E-state index in [9.17, 15) is 4.91 Å². The fourth-order valence-electron chi connectivity index (χ4n) is 1.64. The average molecular weight is 258 g/mol. The van der Waals surface area contributed by atoms with Crippen LogP contribution in [0.15, 0.2) is 66.0 Å². The molecule has 1 aromatic rings. The predicted molar refractivity (Wildman–Crippen MR) is 71.3 cm³/mol. The third-order valence-corrected chi connectivity index (χ3v) is 2.69. The zero-order valence-corrected chi connectivity index (χ0v) is 10.8. The molecule has 0 amide bonds. The molecule has 2 rings (SSSR count). The number of pyridine rings is 1. The van der Waals surface area contributed by atoms with E-state index in [0.29, 0.717) is 19.2 Å². The van der Waals surface area contributed by atoms with Crippen LogP contribution in [0.3, 0.4) is 0 Å². The Kier molecular flexibility index (Phi) is 4.58. The van der Waals surface area contributed by atoms with Crippen LogP contribution < -0.4 is 4.57 Å². The number of allylic oxidation sites excluding steroid dienone is 3. The van der Waals surface area contributed by atoms with Crippen molar-refractivity contribution in [1.29, 1.82) is 0 Å². The van der Waals surface area contributed by atoms with Crippen LogP contribution in [0.25, 0.3) is 0 Å². The standard InChI is InChI=1S/C14H16N3O2/c1-13-5-8-16(9-6-13)11-19-12-17-7-3-2-4-14(17)10-15-18/h2-10H,11-12H2,1H3/q+1/b14-10+. The van der Waals surface area contributed by atoms with Crippen molar-refractivity contribution in [1.82, 2.24) is 4.90 Å². The molecule has 19 heavy (non-hydrogen) atoms. The predicted octanol–water partition coefficient (Wildman–Crippen LogP) is 2.21. The molecule has 0 unspecified atom stereocenters. The lowest BCUT2D eigenvalue weighted by atomic mass is 10.3. The molecule has 0 fully saturated rings. The molecule has 0 saturated heterocycles. The molecule has 1 aromatic heterocycles. The van der Waals surface area contributed by atoms with Crippen LogP contribution in [0.5, 0.6) is 0 Å². The van der Waals surface area contributed by atoms with E-state index < -0.39 is 0 Å². The Bertz CT molecular complexity index is 518. The van der Waals surface area contributed by atoms with E-state index >= 15 is 0 Å². The lowest BCUT2D eigenvalue weighted by molar-refractivity contribution is -0.733. The molecule has 0 N–H and O–H groups in total. The Morgan fingerprint density at radius 1 is 1.37 bits per heavy atom. The molecule has 0 aliphatic carbocycles. The summed E-state index contributed by atoms with van der Waals surface area (Å²) in [6.07, 6.45) is 12.6. The monoisotopic (exact) mass is 258 g/mol. The fourth-order valence-corrected chi connectivity index (χ4v) is 1.64. The van der Waals surface area contributed by atoms with Crippen LogP contribution in [-0.2, 0) is 11.5 Å². The minimum Gasteiger partial charge on any atom is -0.323 e. The number of nitrogens with zero attached hydrogens (tertiary/aromatic N) is 3. The van der Waals surface area contributed by atoms with Gasteiger partial charge in [-0.25, -0.2) is 0 Å². The van der Waals surface area contributed by atoms with Gasteiger partial charge in [-0.05, 0) is 29.8 Å². The fraction of sp³-hybridized carbons (Fsp3) is 0.214. The van der Waals surface area contributed by atoms with Crippen molar-refractivity contribution in [2.75, 3.05) is 6.73 Å². The maximum Gasteiger partial charge on any atom is 0.254 e. The highest BCUT2D eigenvalue weighted by molar-refractivity contribution is 5.27. The Balaban J connectivity index is 1.86. The van der Waals surface area contributed by atoms with Crippen LogP contribution in [0.4, 0.5) is 0 Å². The van der Waals surface area contributed by atoms with Crippen molar-refractivity contribution in [3.05, 3.63) is 71.3 Å². The van der Waals surface area contributed by atoms with Gasteiger partial charge in [-0.3, -0.25) is 0 Å². The number of rotatable bonds is 5. The van der Waals surface area contributed by atoms with E-state index in [4.69, 9.17) is 4.74 Å². The smallest absolute Gasteiger partial charge is 0.254 e. The zero-order valence-electron chi connectivity index (χ0n) is 10.8. The van der Waals surface area contributed by atoms with Crippen LogP contribution in [0.1, 0.15) is 5.56 Å². The van der Waals surface area contributed by atoms with Gasteiger partial charge in [0, 0.05) is 18.3 Å². The summed E-state index contributed by atoms with van der Waals surface area (Å²) in [5, 5.41) is 2.79. The van der Waals surface area contributed by atoms with Gasteiger partial charge in [-0.15, -0.1) is 4.91 Å². The lowest BCUT2D eigenvalue weighted by Gasteiger charge is -2.21. The van der Waals surface area contributed by atoms with E-state index in [1.54, 1.807) is 0 Å². The summed E-state index contributed by atoms with van der Waals surface area (Å²) < 4.78 is 7.54. The molecule has 0 saturated carbocycles. The highest BCUT2D eigenvalue weighted by atomic mass is 16.5. The zero-order chi connectivity index (χ0) is 13.5. The van der Waals surface area contributed by atoms with Gasteiger partial charge >= 0.3 is 0 Å². The molecular formula is C14H16N3O2+. The van der Waals surface area contributed by atoms with Gasteiger partial charge in [-0.1, -0.05) is 6.08 Å². The summed E-state index contributed by atoms with van der Waals surface area (Å²) in [5.74, 6) is 0. The van der Waals surface area contributed by atoms with Crippen LogP contribution >= 0.6 is 0 Å². The molecule has 0 spiro atoms. The largest absolute Gasteiger partial charge is 0.323 e. The molecule has 0 radical (unpaired) electrons. The second kappa shape index (κ2) is 6.61. The maximum atomic E-state index is 10.3. The summed E-state index contributed by atoms with van der Waals surface area (Å²) in [7, 11) is 0. The highest BCUT2D eigenvalue weighted by Gasteiger charge is 2.08. The number of nitroso groups, excluding NO2 is 1. The number of aromatic nitrogens is 1. The number of hydrogen-bond donors (Lipinski definition) is 0. The molecule has 5 heteroatoms. The van der Waals surface area contributed by atoms with Crippen molar-refractivity contribution >= 4 is 0 Å². The SMILES string of the molecule is Cc1cc[n+](COCN2C=CC=C/C2=C\N=O)cc1. The molecule has 0 bridgehead atoms. The summed E-state index contributed by atoms with van der Waals surface area (Å²) in [5.41, 5.74) is 1.93. The van der Waals surface area contributed by atoms with E-state index in [-0.39, 0.29) is 0 Å². The normalized spacial score (nSPS) is 16.1. The van der Waals surface area contributed by atoms with Crippen LogP contribution in [0, 0.1) is 11.8 Å². The van der Waals surface area contributed by atoms with E-state index in [1.807, 2.05) is 65.3 Å². The summed E-state index contributed by atoms with van der Waals surface area (Å²) in [4.78, 5) is 12.1. The Labute approximate surface area is 112 Å². The highest BCUT2D eigenvalue weighted by Crippen LogP contribution is 2.12. The quantitative estimate of drug-likeness (QED) is 0.601. The van der Waals surface area contributed by atoms with Crippen molar-refractivity contribution in [2.45, 2.75) is 13.7 Å². The Hall–Kier alpha value is -2.27. The molecule has 0 atom stereocenters. The van der Waals surface area contributed by atoms with Crippen molar-refractivity contribution in [3.8, 4) is 0 Å². The van der Waals surface area contributed by atoms with Gasteiger partial charge in [0.1, 0.15) is 6.73 Å². The summed E-state index contributed by atoms with van der Waals surface area (Å²) >= 11 is 0. The third kappa shape index (κ3) is 3.86. The van der Waals surface area contributed by atoms with Crippen molar-refractivity contribution in [3.63, 3.8) is 0 Å². The van der Waals surface area contributed by atoms with Crippen molar-refractivity contribution < 1.29 is 9.30 Å². The first-order valence-electron chi connectivity index (χ1n) is 5.97. The molecule has 1 aliphatic heterocycles. The minimum absolute atomic E-state index is 0.364. The van der Waals surface area contributed by atoms with Crippen LogP contribution in [0.2, 0.25) is 0 Å². The first-order chi connectivity index (χ1) is 9.29. The van der Waals surface area contributed by atoms with E-state index in [2.05, 4.69) is 5.18 Å². The molecule has 5 nitrogen and oxygen atoms in total. The summed E-state index contributed by atoms with van der Waals surface area (Å²) in [6, 6.07) is 4.04. The van der Waals surface area contributed by atoms with Crippen molar-refractivity contribution in [2.24, 2.45) is 5.18 Å². The average Bonchev–Trinajstić information content (AvgIpc) is 2.43. The van der Waals surface area contributed by atoms with Gasteiger partial charge in [-0.2, -0.15) is 4.57 Å². The molecule has 2 heterocycles. The van der Waals surface area contributed by atoms with E-state index in [0.717, 1.165) is 0 Å². The summed E-state index contributed by atoms with van der Waals surface area (Å²) in [6.45, 7) is 2.86. The maximum absolute atomic E-state index is 10.3. The van der Waals surface area contributed by atoms with Gasteiger partial charge in [0.05, 0.1) is 11.9 Å². The number of aryl methyl sites for hydroxylation is 1. The third-order valence-electron chi connectivity index (χ3n) is 2.69. The van der Waals surface area contributed by atoms with Gasteiger partial charge in [0.25, 0.3) is 6.73 Å². The first-order valence-corrected chi connectivity index (χ1v) is 5.97. The molecule has 0 aromatic carbocycles.